The Morgan fingerprint density at radius 2 is 2.04 bits per heavy atom. The lowest BCUT2D eigenvalue weighted by atomic mass is 10.2. The Morgan fingerprint density at radius 1 is 1.25 bits per heavy atom. The van der Waals surface area contributed by atoms with Gasteiger partial charge in [0, 0.05) is 11.6 Å². The Bertz CT molecular complexity index is 1240. The lowest BCUT2D eigenvalue weighted by Gasteiger charge is -2.12. The van der Waals surface area contributed by atoms with Crippen molar-refractivity contribution in [3.63, 3.8) is 0 Å². The zero-order valence-corrected chi connectivity index (χ0v) is 17.9. The smallest absolute Gasteiger partial charge is 0.282 e. The first-order chi connectivity index (χ1) is 13.4. The minimum absolute atomic E-state index is 0.0315. The molecule has 8 nitrogen and oxygen atoms in total. The van der Waals surface area contributed by atoms with Crippen molar-refractivity contribution in [1.82, 2.24) is 19.4 Å². The van der Waals surface area contributed by atoms with Gasteiger partial charge in [-0.3, -0.25) is 9.12 Å². The van der Waals surface area contributed by atoms with Crippen LogP contribution in [-0.4, -0.2) is 27.8 Å². The standard InChI is InChI=1S/C16H11BrClN5O3S2/c17-11-8-19-13(14(20-11)26-9-10-4-2-1-3-5-10)22-28(24,25)15-12(18)21-16-23(15)6-7-27-16/h1-8H,9H2,(H,19,22). The van der Waals surface area contributed by atoms with Gasteiger partial charge in [-0.2, -0.15) is 8.42 Å². The van der Waals surface area contributed by atoms with Gasteiger partial charge in [-0.1, -0.05) is 41.9 Å². The molecule has 0 atom stereocenters. The highest BCUT2D eigenvalue weighted by Gasteiger charge is 2.27. The van der Waals surface area contributed by atoms with Gasteiger partial charge < -0.3 is 4.74 Å². The fraction of sp³-hybridized carbons (Fsp3) is 0.0625. The second-order valence-electron chi connectivity index (χ2n) is 5.49. The predicted octanol–water partition coefficient (Wildman–Crippen LogP) is 3.98. The van der Waals surface area contributed by atoms with Gasteiger partial charge in [-0.15, -0.1) is 11.3 Å². The van der Waals surface area contributed by atoms with Gasteiger partial charge in [0.1, 0.15) is 11.2 Å². The molecule has 4 aromatic rings. The number of ether oxygens (including phenoxy) is 1. The molecule has 3 aromatic heterocycles. The van der Waals surface area contributed by atoms with Crippen LogP contribution in [0.25, 0.3) is 4.96 Å². The van der Waals surface area contributed by atoms with E-state index in [-0.39, 0.29) is 28.5 Å². The summed E-state index contributed by atoms with van der Waals surface area (Å²) in [5, 5.41) is 1.41. The van der Waals surface area contributed by atoms with Crippen molar-refractivity contribution < 1.29 is 13.2 Å². The zero-order valence-electron chi connectivity index (χ0n) is 13.9. The molecule has 12 heteroatoms. The van der Waals surface area contributed by atoms with E-state index in [0.29, 0.717) is 9.56 Å². The zero-order chi connectivity index (χ0) is 19.7. The Morgan fingerprint density at radius 3 is 2.82 bits per heavy atom. The third-order valence-electron chi connectivity index (χ3n) is 3.59. The molecule has 0 aliphatic heterocycles. The topological polar surface area (TPSA) is 98.5 Å². The summed E-state index contributed by atoms with van der Waals surface area (Å²) < 4.78 is 35.7. The maximum Gasteiger partial charge on any atom is 0.282 e. The van der Waals surface area contributed by atoms with Crippen molar-refractivity contribution in [1.29, 1.82) is 0 Å². The fourth-order valence-electron chi connectivity index (χ4n) is 2.40. The van der Waals surface area contributed by atoms with E-state index in [0.717, 1.165) is 5.56 Å². The number of thiazole rings is 1. The first kappa shape index (κ1) is 19.1. The summed E-state index contributed by atoms with van der Waals surface area (Å²) in [7, 11) is -4.09. The summed E-state index contributed by atoms with van der Waals surface area (Å²) in [4.78, 5) is 12.8. The number of rotatable bonds is 6. The number of imidazole rings is 1. The molecule has 0 aliphatic carbocycles. The Balaban J connectivity index is 1.65. The summed E-state index contributed by atoms with van der Waals surface area (Å²) in [6.45, 7) is 0.197. The van der Waals surface area contributed by atoms with Crippen LogP contribution in [0.2, 0.25) is 5.15 Å². The minimum atomic E-state index is -4.09. The van der Waals surface area contributed by atoms with E-state index >= 15 is 0 Å². The van der Waals surface area contributed by atoms with Gasteiger partial charge in [0.05, 0.1) is 6.20 Å². The number of sulfonamides is 1. The monoisotopic (exact) mass is 499 g/mol. The average molecular weight is 501 g/mol. The highest BCUT2D eigenvalue weighted by molar-refractivity contribution is 9.10. The Kier molecular flexibility index (Phi) is 5.23. The Labute approximate surface area is 177 Å². The molecule has 0 spiro atoms. The quantitative estimate of drug-likeness (QED) is 0.430. The van der Waals surface area contributed by atoms with Crippen LogP contribution in [0.3, 0.4) is 0 Å². The summed E-state index contributed by atoms with van der Waals surface area (Å²) in [6, 6.07) is 9.41. The molecule has 28 heavy (non-hydrogen) atoms. The van der Waals surface area contributed by atoms with Gasteiger partial charge in [0.2, 0.25) is 5.82 Å². The predicted molar refractivity (Wildman–Crippen MR) is 109 cm³/mol. The molecule has 0 saturated carbocycles. The van der Waals surface area contributed by atoms with Crippen LogP contribution in [0.15, 0.2) is 57.7 Å². The molecule has 3 heterocycles. The first-order valence-corrected chi connectivity index (χ1v) is 11.3. The van der Waals surface area contributed by atoms with Crippen LogP contribution in [-0.2, 0) is 16.6 Å². The van der Waals surface area contributed by atoms with Crippen molar-refractivity contribution in [2.24, 2.45) is 0 Å². The lowest BCUT2D eigenvalue weighted by Crippen LogP contribution is -2.17. The SMILES string of the molecule is O=S(=O)(Nc1ncc(Br)nc1OCc1ccccc1)c1c(Cl)nc2sccn12. The number of hydrogen-bond acceptors (Lipinski definition) is 7. The number of nitrogens with one attached hydrogen (secondary N) is 1. The van der Waals surface area contributed by atoms with Crippen LogP contribution in [0.4, 0.5) is 5.82 Å². The molecule has 1 N–H and O–H groups in total. The molecule has 0 aliphatic rings. The van der Waals surface area contributed by atoms with E-state index in [2.05, 4.69) is 35.6 Å². The van der Waals surface area contributed by atoms with Crippen LogP contribution in [0.1, 0.15) is 5.56 Å². The second-order valence-corrected chi connectivity index (χ2v) is 9.13. The van der Waals surface area contributed by atoms with Crippen LogP contribution in [0.5, 0.6) is 5.88 Å². The van der Waals surface area contributed by atoms with Crippen LogP contribution >= 0.6 is 38.9 Å². The number of benzene rings is 1. The molecule has 144 valence electrons. The maximum atomic E-state index is 12.9. The van der Waals surface area contributed by atoms with E-state index < -0.39 is 10.0 Å². The number of fused-ring (bicyclic) bond motifs is 1. The van der Waals surface area contributed by atoms with Crippen molar-refractivity contribution in [3.8, 4) is 5.88 Å². The first-order valence-electron chi connectivity index (χ1n) is 7.77. The number of aromatic nitrogens is 4. The molecular formula is C16H11BrClN5O3S2. The molecule has 1 aromatic carbocycles. The van der Waals surface area contributed by atoms with Gasteiger partial charge in [0.15, 0.2) is 15.1 Å². The lowest BCUT2D eigenvalue weighted by molar-refractivity contribution is 0.294. The Hall–Kier alpha value is -2.21. The normalized spacial score (nSPS) is 11.6. The molecule has 4 rings (SSSR count). The van der Waals surface area contributed by atoms with Crippen LogP contribution in [0, 0.1) is 0 Å². The van der Waals surface area contributed by atoms with E-state index in [4.69, 9.17) is 16.3 Å². The number of halogens is 2. The highest BCUT2D eigenvalue weighted by Crippen LogP contribution is 2.29. The molecular weight excluding hydrogens is 490 g/mol. The highest BCUT2D eigenvalue weighted by atomic mass is 79.9. The largest absolute Gasteiger partial charge is 0.470 e. The van der Waals surface area contributed by atoms with Crippen molar-refractivity contribution >= 4 is 59.7 Å². The fourth-order valence-corrected chi connectivity index (χ4v) is 5.13. The van der Waals surface area contributed by atoms with E-state index in [9.17, 15) is 8.42 Å². The van der Waals surface area contributed by atoms with Crippen molar-refractivity contribution in [3.05, 3.63) is 63.4 Å². The molecule has 0 amide bonds. The van der Waals surface area contributed by atoms with Crippen molar-refractivity contribution in [2.75, 3.05) is 4.72 Å². The van der Waals surface area contributed by atoms with E-state index in [1.165, 1.54) is 21.9 Å². The minimum Gasteiger partial charge on any atom is -0.470 e. The molecule has 0 saturated heterocycles. The molecule has 0 fully saturated rings. The number of hydrogen-bond donors (Lipinski definition) is 1. The number of anilines is 1. The van der Waals surface area contributed by atoms with Gasteiger partial charge in [-0.25, -0.2) is 15.0 Å². The molecule has 0 bridgehead atoms. The average Bonchev–Trinajstić information content (AvgIpc) is 3.22. The third kappa shape index (κ3) is 3.83. The second kappa shape index (κ2) is 7.66. The summed E-state index contributed by atoms with van der Waals surface area (Å²) in [5.74, 6) is -0.0237. The molecule has 0 unspecified atom stereocenters. The van der Waals surface area contributed by atoms with Crippen LogP contribution < -0.4 is 9.46 Å². The summed E-state index contributed by atoms with van der Waals surface area (Å²) in [5.41, 5.74) is 0.900. The maximum absolute atomic E-state index is 12.9. The molecule has 0 radical (unpaired) electrons. The number of nitrogens with zero attached hydrogens (tertiary/aromatic N) is 4. The van der Waals surface area contributed by atoms with Gasteiger partial charge in [-0.05, 0) is 21.5 Å². The van der Waals surface area contributed by atoms with E-state index in [1.54, 1.807) is 11.6 Å². The van der Waals surface area contributed by atoms with Crippen molar-refractivity contribution in [2.45, 2.75) is 11.6 Å². The van der Waals surface area contributed by atoms with E-state index in [1.807, 2.05) is 30.3 Å². The third-order valence-corrected chi connectivity index (χ3v) is 6.47. The van der Waals surface area contributed by atoms with Gasteiger partial charge in [0.25, 0.3) is 15.9 Å². The summed E-state index contributed by atoms with van der Waals surface area (Å²) in [6.07, 6.45) is 2.94. The van der Waals surface area contributed by atoms with Gasteiger partial charge >= 0.3 is 0 Å². The summed E-state index contributed by atoms with van der Waals surface area (Å²) >= 11 is 10.5.